The Morgan fingerprint density at radius 2 is 1.69 bits per heavy atom. The van der Waals surface area contributed by atoms with E-state index >= 15 is 0 Å². The van der Waals surface area contributed by atoms with Gasteiger partial charge in [0.2, 0.25) is 11.6 Å². The Hall–Kier alpha value is -1.36. The van der Waals surface area contributed by atoms with Crippen LogP contribution in [0.15, 0.2) is 12.2 Å². The Bertz CT molecular complexity index is 650. The first kappa shape index (κ1) is 20.9. The molecule has 4 saturated heterocycles. The van der Waals surface area contributed by atoms with Crippen LogP contribution >= 0.6 is 0 Å². The zero-order valence-electron chi connectivity index (χ0n) is 16.5. The number of hydrogen-bond acceptors (Lipinski definition) is 9. The molecule has 162 valence electrons. The predicted molar refractivity (Wildman–Crippen MR) is 96.5 cm³/mol. The molecule has 4 aliphatic heterocycles. The lowest BCUT2D eigenvalue weighted by atomic mass is 9.85. The highest BCUT2D eigenvalue weighted by Crippen LogP contribution is 2.52. The Labute approximate surface area is 169 Å². The molecule has 0 radical (unpaired) electrons. The van der Waals surface area contributed by atoms with Crippen LogP contribution < -0.4 is 0 Å². The normalized spacial score (nSPS) is 45.2. The monoisotopic (exact) mass is 412 g/mol. The van der Waals surface area contributed by atoms with Crippen LogP contribution in [-0.4, -0.2) is 73.4 Å². The lowest BCUT2D eigenvalue weighted by Gasteiger charge is -2.60. The lowest BCUT2D eigenvalue weighted by molar-refractivity contribution is -0.497. The van der Waals surface area contributed by atoms with E-state index in [1.54, 1.807) is 0 Å². The van der Waals surface area contributed by atoms with Gasteiger partial charge in [0.05, 0.1) is 26.4 Å². The summed E-state index contributed by atoms with van der Waals surface area (Å²) >= 11 is 0. The molecule has 0 bridgehead atoms. The van der Waals surface area contributed by atoms with Crippen LogP contribution in [0.1, 0.15) is 44.9 Å². The second-order valence-electron chi connectivity index (χ2n) is 7.94. The number of allylic oxidation sites excluding steroid dienone is 1. The number of aliphatic hydroxyl groups is 1. The highest BCUT2D eigenvalue weighted by atomic mass is 16.8. The Morgan fingerprint density at radius 3 is 2.24 bits per heavy atom. The molecular formula is C20H28O9. The van der Waals surface area contributed by atoms with Gasteiger partial charge in [-0.2, -0.15) is 0 Å². The number of rotatable bonds is 3. The smallest absolute Gasteiger partial charge is 0.366 e. The minimum absolute atomic E-state index is 0.184. The van der Waals surface area contributed by atoms with Crippen LogP contribution in [-0.2, 0) is 38.0 Å². The Balaban J connectivity index is 1.70. The molecular weight excluding hydrogens is 384 g/mol. The van der Waals surface area contributed by atoms with Gasteiger partial charge in [-0.25, -0.2) is 4.79 Å². The quantitative estimate of drug-likeness (QED) is 0.412. The average molecular weight is 412 g/mol. The number of carbonyl (C=O) groups is 2. The van der Waals surface area contributed by atoms with Crippen LogP contribution in [0.4, 0.5) is 0 Å². The van der Waals surface area contributed by atoms with Gasteiger partial charge in [0, 0.05) is 19.3 Å². The molecule has 4 aliphatic rings. The van der Waals surface area contributed by atoms with E-state index in [0.717, 1.165) is 25.7 Å². The molecule has 9 nitrogen and oxygen atoms in total. The van der Waals surface area contributed by atoms with Crippen molar-refractivity contribution in [2.75, 3.05) is 20.3 Å². The van der Waals surface area contributed by atoms with Gasteiger partial charge >= 0.3 is 5.97 Å². The van der Waals surface area contributed by atoms with Crippen molar-refractivity contribution in [2.45, 2.75) is 80.6 Å². The maximum absolute atomic E-state index is 12.2. The summed E-state index contributed by atoms with van der Waals surface area (Å²) in [5.41, 5.74) is 0. The largest absolute Gasteiger partial charge is 0.465 e. The summed E-state index contributed by atoms with van der Waals surface area (Å²) in [6.45, 7) is 1.03. The van der Waals surface area contributed by atoms with E-state index < -0.39 is 41.6 Å². The summed E-state index contributed by atoms with van der Waals surface area (Å²) < 4.78 is 35.6. The SMILES string of the molecule is COC(=O)[C@@]1(O)C[C@H]2O[C@@]3(CCCCO3)[C@]3(CCCCO3)O[C@@H]2[C@@H](/C=C/C=O)O1. The lowest BCUT2D eigenvalue weighted by Crippen LogP contribution is -2.74. The summed E-state index contributed by atoms with van der Waals surface area (Å²) in [7, 11) is 1.17. The molecule has 6 atom stereocenters. The zero-order chi connectivity index (χ0) is 20.5. The van der Waals surface area contributed by atoms with E-state index in [1.165, 1.54) is 19.3 Å². The van der Waals surface area contributed by atoms with Gasteiger partial charge in [-0.3, -0.25) is 4.79 Å². The van der Waals surface area contributed by atoms with E-state index in [-0.39, 0.29) is 6.42 Å². The van der Waals surface area contributed by atoms with Gasteiger partial charge in [0.15, 0.2) is 0 Å². The fourth-order valence-corrected chi connectivity index (χ4v) is 4.76. The van der Waals surface area contributed by atoms with Gasteiger partial charge in [0.25, 0.3) is 5.79 Å². The molecule has 0 aromatic carbocycles. The second-order valence-corrected chi connectivity index (χ2v) is 7.94. The molecule has 2 spiro atoms. The van der Waals surface area contributed by atoms with Gasteiger partial charge < -0.3 is 33.5 Å². The number of hydrogen-bond donors (Lipinski definition) is 1. The standard InChI is InChI=1S/C20H28O9/c1-24-17(22)18(23)13-15-16(14(27-18)7-6-10-21)29-20(9-3-5-12-26-20)19(28-15)8-2-4-11-25-19/h6-7,10,14-16,23H,2-5,8-9,11-13H2,1H3/b7-6+/t14-,15-,16-,18-,19+,20+/m1/s1. The summed E-state index contributed by atoms with van der Waals surface area (Å²) in [5, 5.41) is 10.8. The first-order chi connectivity index (χ1) is 14.0. The number of methoxy groups -OCH3 is 1. The van der Waals surface area contributed by atoms with Crippen molar-refractivity contribution < 1.29 is 43.1 Å². The molecule has 0 unspecified atom stereocenters. The predicted octanol–water partition coefficient (Wildman–Crippen LogP) is 0.970. The molecule has 0 aliphatic carbocycles. The third-order valence-corrected chi connectivity index (χ3v) is 6.10. The Morgan fingerprint density at radius 1 is 1.03 bits per heavy atom. The van der Waals surface area contributed by atoms with Crippen molar-refractivity contribution in [3.05, 3.63) is 12.2 Å². The van der Waals surface area contributed by atoms with Crippen molar-refractivity contribution in [1.82, 2.24) is 0 Å². The summed E-state index contributed by atoms with van der Waals surface area (Å²) in [6, 6.07) is 0. The van der Waals surface area contributed by atoms with Crippen molar-refractivity contribution >= 4 is 12.3 Å². The van der Waals surface area contributed by atoms with E-state index in [1.807, 2.05) is 0 Å². The maximum Gasteiger partial charge on any atom is 0.366 e. The van der Waals surface area contributed by atoms with Crippen molar-refractivity contribution in [3.8, 4) is 0 Å². The van der Waals surface area contributed by atoms with Crippen molar-refractivity contribution in [1.29, 1.82) is 0 Å². The number of esters is 1. The molecule has 0 aromatic rings. The third kappa shape index (κ3) is 3.54. The number of ether oxygens (including phenoxy) is 6. The zero-order valence-corrected chi connectivity index (χ0v) is 16.5. The van der Waals surface area contributed by atoms with Crippen molar-refractivity contribution in [2.24, 2.45) is 0 Å². The van der Waals surface area contributed by atoms with Crippen molar-refractivity contribution in [3.63, 3.8) is 0 Å². The van der Waals surface area contributed by atoms with Crippen LogP contribution in [0, 0.1) is 0 Å². The average Bonchev–Trinajstić information content (AvgIpc) is 2.74. The molecule has 29 heavy (non-hydrogen) atoms. The van der Waals surface area contributed by atoms with E-state index in [0.29, 0.717) is 32.3 Å². The molecule has 4 heterocycles. The van der Waals surface area contributed by atoms with Gasteiger partial charge in [-0.05, 0) is 37.8 Å². The molecule has 4 rings (SSSR count). The molecule has 4 fully saturated rings. The summed E-state index contributed by atoms with van der Waals surface area (Å²) in [6.07, 6.45) is 5.57. The van der Waals surface area contributed by atoms with Crippen LogP contribution in [0.2, 0.25) is 0 Å². The highest BCUT2D eigenvalue weighted by molar-refractivity contribution is 5.77. The third-order valence-electron chi connectivity index (χ3n) is 6.10. The molecule has 9 heteroatoms. The van der Waals surface area contributed by atoms with Gasteiger partial charge in [-0.15, -0.1) is 0 Å². The fourth-order valence-electron chi connectivity index (χ4n) is 4.76. The van der Waals surface area contributed by atoms with E-state index in [9.17, 15) is 14.7 Å². The van der Waals surface area contributed by atoms with Crippen LogP contribution in [0.25, 0.3) is 0 Å². The summed E-state index contributed by atoms with van der Waals surface area (Å²) in [5.74, 6) is -5.35. The van der Waals surface area contributed by atoms with E-state index in [4.69, 9.17) is 28.4 Å². The topological polar surface area (TPSA) is 110 Å². The van der Waals surface area contributed by atoms with E-state index in [2.05, 4.69) is 0 Å². The number of carbonyl (C=O) groups excluding carboxylic acids is 2. The van der Waals surface area contributed by atoms with Crippen LogP contribution in [0.5, 0.6) is 0 Å². The van der Waals surface area contributed by atoms with Gasteiger partial charge in [-0.1, -0.05) is 0 Å². The number of aldehydes is 1. The molecule has 0 saturated carbocycles. The highest BCUT2D eigenvalue weighted by Gasteiger charge is 2.67. The Kier molecular flexibility index (Phi) is 5.80. The van der Waals surface area contributed by atoms with Gasteiger partial charge in [0.1, 0.15) is 18.5 Å². The first-order valence-corrected chi connectivity index (χ1v) is 10.2. The minimum atomic E-state index is -2.22. The summed E-state index contributed by atoms with van der Waals surface area (Å²) in [4.78, 5) is 23.1. The molecule has 0 amide bonds. The van der Waals surface area contributed by atoms with Crippen LogP contribution in [0.3, 0.4) is 0 Å². The maximum atomic E-state index is 12.2. The molecule has 1 N–H and O–H groups in total. The fraction of sp³-hybridized carbons (Fsp3) is 0.800. The molecule has 0 aromatic heterocycles. The number of fused-ring (bicyclic) bond motifs is 2. The minimum Gasteiger partial charge on any atom is -0.465 e. The second kappa shape index (κ2) is 8.05. The first-order valence-electron chi connectivity index (χ1n) is 10.2.